The first-order valence-electron chi connectivity index (χ1n) is 5.96. The fourth-order valence-electron chi connectivity index (χ4n) is 2.20. The third-order valence-corrected chi connectivity index (χ3v) is 5.52. The normalized spacial score (nSPS) is 21.8. The van der Waals surface area contributed by atoms with E-state index in [-0.39, 0.29) is 11.0 Å². The van der Waals surface area contributed by atoms with E-state index < -0.39 is 15.5 Å². The molecular weight excluding hydrogens is 270 g/mol. The predicted molar refractivity (Wildman–Crippen MR) is 68.9 cm³/mol. The Hall–Kier alpha value is -1.90. The summed E-state index contributed by atoms with van der Waals surface area (Å²) < 4.78 is 24.5. The summed E-state index contributed by atoms with van der Waals surface area (Å²) >= 11 is 0. The van der Waals surface area contributed by atoms with Crippen molar-refractivity contribution in [3.8, 4) is 0 Å². The molecule has 0 aromatic carbocycles. The standard InChI is InChI=1S/C10H13N5O3S/c16-10-13-12-9-4-3-8(14-15(9)10)11-6-7-2-1-5-19(7,17)18/h3-4,7H,1-2,5-6H2,(H,11,14)(H,13,16). The summed E-state index contributed by atoms with van der Waals surface area (Å²) in [6.45, 7) is 0.313. The lowest BCUT2D eigenvalue weighted by Crippen LogP contribution is -2.25. The fourth-order valence-corrected chi connectivity index (χ4v) is 3.97. The molecule has 0 amide bonds. The molecule has 1 fully saturated rings. The summed E-state index contributed by atoms with van der Waals surface area (Å²) in [6, 6.07) is 3.30. The van der Waals surface area contributed by atoms with Crippen molar-refractivity contribution in [1.82, 2.24) is 19.8 Å². The van der Waals surface area contributed by atoms with Gasteiger partial charge >= 0.3 is 5.69 Å². The third kappa shape index (κ3) is 2.21. The Balaban J connectivity index is 1.78. The van der Waals surface area contributed by atoms with E-state index in [2.05, 4.69) is 20.6 Å². The van der Waals surface area contributed by atoms with Crippen LogP contribution in [0, 0.1) is 0 Å². The lowest BCUT2D eigenvalue weighted by atomic mass is 10.2. The van der Waals surface area contributed by atoms with E-state index in [1.165, 1.54) is 0 Å². The molecule has 3 heterocycles. The third-order valence-electron chi connectivity index (χ3n) is 3.25. The SMILES string of the molecule is O=c1[nH]nc2ccc(NCC3CCCS3(=O)=O)nn12. The molecule has 0 saturated carbocycles. The minimum Gasteiger partial charge on any atom is -0.367 e. The first-order chi connectivity index (χ1) is 9.06. The second-order valence-corrected chi connectivity index (χ2v) is 6.93. The van der Waals surface area contributed by atoms with E-state index in [4.69, 9.17) is 0 Å². The lowest BCUT2D eigenvalue weighted by molar-refractivity contribution is 0.591. The maximum Gasteiger partial charge on any atom is 0.364 e. The number of nitrogens with zero attached hydrogens (tertiary/aromatic N) is 3. The zero-order valence-corrected chi connectivity index (χ0v) is 10.9. The average Bonchev–Trinajstić information content (AvgIpc) is 2.90. The number of aromatic amines is 1. The summed E-state index contributed by atoms with van der Waals surface area (Å²) in [4.78, 5) is 11.4. The van der Waals surface area contributed by atoms with E-state index in [9.17, 15) is 13.2 Å². The van der Waals surface area contributed by atoms with Gasteiger partial charge in [0.25, 0.3) is 0 Å². The molecule has 0 radical (unpaired) electrons. The van der Waals surface area contributed by atoms with E-state index in [1.807, 2.05) is 0 Å². The van der Waals surface area contributed by atoms with Crippen LogP contribution in [0.25, 0.3) is 5.65 Å². The van der Waals surface area contributed by atoms with Crippen LogP contribution in [0.2, 0.25) is 0 Å². The molecular formula is C10H13N5O3S. The van der Waals surface area contributed by atoms with Gasteiger partial charge in [0.1, 0.15) is 5.82 Å². The van der Waals surface area contributed by atoms with Crippen LogP contribution >= 0.6 is 0 Å². The van der Waals surface area contributed by atoms with Gasteiger partial charge in [-0.05, 0) is 25.0 Å². The molecule has 2 aromatic rings. The Morgan fingerprint density at radius 3 is 3.05 bits per heavy atom. The van der Waals surface area contributed by atoms with Gasteiger partial charge in [-0.2, -0.15) is 9.61 Å². The molecule has 1 saturated heterocycles. The Morgan fingerprint density at radius 1 is 1.47 bits per heavy atom. The summed E-state index contributed by atoms with van der Waals surface area (Å²) in [7, 11) is -2.97. The van der Waals surface area contributed by atoms with Crippen molar-refractivity contribution in [2.45, 2.75) is 18.1 Å². The van der Waals surface area contributed by atoms with Crippen LogP contribution < -0.4 is 11.0 Å². The van der Waals surface area contributed by atoms with Gasteiger partial charge in [-0.25, -0.2) is 18.3 Å². The monoisotopic (exact) mass is 283 g/mol. The van der Waals surface area contributed by atoms with Crippen LogP contribution in [0.1, 0.15) is 12.8 Å². The highest BCUT2D eigenvalue weighted by Gasteiger charge is 2.30. The number of aromatic nitrogens is 4. The lowest BCUT2D eigenvalue weighted by Gasteiger charge is -2.10. The van der Waals surface area contributed by atoms with Crippen molar-refractivity contribution in [3.63, 3.8) is 0 Å². The number of nitrogens with one attached hydrogen (secondary N) is 2. The summed E-state index contributed by atoms with van der Waals surface area (Å²) in [5.74, 6) is 0.714. The van der Waals surface area contributed by atoms with Crippen molar-refractivity contribution < 1.29 is 8.42 Å². The van der Waals surface area contributed by atoms with Gasteiger partial charge in [0.2, 0.25) is 0 Å². The van der Waals surface area contributed by atoms with Crippen molar-refractivity contribution >= 4 is 21.3 Å². The predicted octanol–water partition coefficient (Wildman–Crippen LogP) is -0.593. The minimum atomic E-state index is -2.97. The van der Waals surface area contributed by atoms with E-state index in [0.717, 1.165) is 4.52 Å². The van der Waals surface area contributed by atoms with Crippen LogP contribution in [0.5, 0.6) is 0 Å². The Morgan fingerprint density at radius 2 is 2.32 bits per heavy atom. The van der Waals surface area contributed by atoms with Crippen LogP contribution in [0.3, 0.4) is 0 Å². The number of rotatable bonds is 3. The van der Waals surface area contributed by atoms with Gasteiger partial charge in [-0.15, -0.1) is 5.10 Å². The van der Waals surface area contributed by atoms with E-state index in [1.54, 1.807) is 12.1 Å². The largest absolute Gasteiger partial charge is 0.367 e. The molecule has 8 nitrogen and oxygen atoms in total. The van der Waals surface area contributed by atoms with Gasteiger partial charge in [-0.1, -0.05) is 0 Å². The summed E-state index contributed by atoms with van der Waals surface area (Å²) in [5, 5.41) is 12.7. The Kier molecular flexibility index (Phi) is 2.77. The average molecular weight is 283 g/mol. The number of fused-ring (bicyclic) bond motifs is 1. The number of hydrogen-bond acceptors (Lipinski definition) is 6. The minimum absolute atomic E-state index is 0.257. The molecule has 9 heteroatoms. The number of anilines is 1. The second kappa shape index (κ2) is 4.34. The molecule has 102 valence electrons. The van der Waals surface area contributed by atoms with Crippen LogP contribution in [0.4, 0.5) is 5.82 Å². The molecule has 3 rings (SSSR count). The molecule has 0 aliphatic carbocycles. The molecule has 0 bridgehead atoms. The first-order valence-corrected chi connectivity index (χ1v) is 7.68. The number of hydrogen-bond donors (Lipinski definition) is 2. The molecule has 1 unspecified atom stereocenters. The van der Waals surface area contributed by atoms with Gasteiger partial charge in [-0.3, -0.25) is 0 Å². The van der Waals surface area contributed by atoms with Crippen molar-refractivity contribution in [2.24, 2.45) is 0 Å². The topological polar surface area (TPSA) is 109 Å². The van der Waals surface area contributed by atoms with Crippen molar-refractivity contribution in [2.75, 3.05) is 17.6 Å². The number of sulfone groups is 1. The van der Waals surface area contributed by atoms with Gasteiger partial charge in [0, 0.05) is 6.54 Å². The first kappa shape index (κ1) is 12.2. The van der Waals surface area contributed by atoms with Crippen LogP contribution in [0.15, 0.2) is 16.9 Å². The smallest absolute Gasteiger partial charge is 0.364 e. The Labute approximate surface area is 108 Å². The van der Waals surface area contributed by atoms with Crippen molar-refractivity contribution in [3.05, 3.63) is 22.6 Å². The molecule has 0 spiro atoms. The highest BCUT2D eigenvalue weighted by Crippen LogP contribution is 2.20. The van der Waals surface area contributed by atoms with E-state index >= 15 is 0 Å². The number of H-pyrrole nitrogens is 1. The fraction of sp³-hybridized carbons (Fsp3) is 0.500. The maximum absolute atomic E-state index is 11.7. The molecule has 19 heavy (non-hydrogen) atoms. The molecule has 2 N–H and O–H groups in total. The Bertz CT molecular complexity index is 763. The molecule has 2 aromatic heterocycles. The zero-order valence-electron chi connectivity index (χ0n) is 10.0. The highest BCUT2D eigenvalue weighted by atomic mass is 32.2. The van der Waals surface area contributed by atoms with Crippen LogP contribution in [-0.4, -0.2) is 45.8 Å². The molecule has 1 aliphatic rings. The second-order valence-electron chi connectivity index (χ2n) is 4.53. The van der Waals surface area contributed by atoms with E-state index in [0.29, 0.717) is 30.9 Å². The summed E-state index contributed by atoms with van der Waals surface area (Å²) in [6.07, 6.45) is 1.38. The van der Waals surface area contributed by atoms with Crippen LogP contribution in [-0.2, 0) is 9.84 Å². The van der Waals surface area contributed by atoms with Gasteiger partial charge < -0.3 is 5.32 Å². The molecule has 1 aliphatic heterocycles. The maximum atomic E-state index is 11.7. The zero-order chi connectivity index (χ0) is 13.5. The van der Waals surface area contributed by atoms with Gasteiger partial charge in [0.15, 0.2) is 15.5 Å². The highest BCUT2D eigenvalue weighted by molar-refractivity contribution is 7.92. The van der Waals surface area contributed by atoms with Gasteiger partial charge in [0.05, 0.1) is 11.0 Å². The quantitative estimate of drug-likeness (QED) is 0.779. The molecule has 1 atom stereocenters. The van der Waals surface area contributed by atoms with Crippen molar-refractivity contribution in [1.29, 1.82) is 0 Å². The summed E-state index contributed by atoms with van der Waals surface area (Å²) in [5.41, 5.74) is -0.00354.